The molecule has 4 N–H and O–H groups in total. The van der Waals surface area contributed by atoms with E-state index in [2.05, 4.69) is 0 Å². The van der Waals surface area contributed by atoms with Crippen LogP contribution in [0.4, 0.5) is 5.69 Å². The molecular weight excluding hydrogens is 207 g/mol. The van der Waals surface area contributed by atoms with Crippen LogP contribution in [0.25, 0.3) is 6.08 Å². The first-order chi connectivity index (χ1) is 6.15. The van der Waals surface area contributed by atoms with Gasteiger partial charge >= 0.3 is 0 Å². The zero-order valence-corrected chi connectivity index (χ0v) is 8.44. The predicted octanol–water partition coefficient (Wildman–Crippen LogP) is 2.55. The van der Waals surface area contributed by atoms with Gasteiger partial charge in [0.1, 0.15) is 0 Å². The van der Waals surface area contributed by atoms with Gasteiger partial charge in [-0.3, -0.25) is 0 Å². The molecule has 0 spiro atoms. The third kappa shape index (κ3) is 2.62. The summed E-state index contributed by atoms with van der Waals surface area (Å²) >= 11 is 11.6. The third-order valence-electron chi connectivity index (χ3n) is 1.55. The summed E-state index contributed by atoms with van der Waals surface area (Å²) in [5.41, 5.74) is 12.2. The molecule has 0 saturated heterocycles. The lowest BCUT2D eigenvalue weighted by Gasteiger charge is -2.02. The smallest absolute Gasteiger partial charge is 0.0693 e. The van der Waals surface area contributed by atoms with E-state index in [0.717, 1.165) is 5.56 Å². The molecule has 0 aliphatic heterocycles. The standard InChI is InChI=1S/C9H10Cl2N2/c10-7-4-6(2-1-3-12)5-8(11)9(7)13/h1-2,4-5H,3,12-13H2. The molecule has 0 amide bonds. The van der Waals surface area contributed by atoms with Crippen LogP contribution in [-0.2, 0) is 0 Å². The maximum absolute atomic E-state index is 5.82. The molecule has 1 aromatic rings. The molecule has 0 aromatic heterocycles. The first kappa shape index (κ1) is 10.4. The second-order valence-electron chi connectivity index (χ2n) is 2.54. The summed E-state index contributed by atoms with van der Waals surface area (Å²) < 4.78 is 0. The fourth-order valence-electron chi connectivity index (χ4n) is 0.904. The molecule has 70 valence electrons. The fraction of sp³-hybridized carbons (Fsp3) is 0.111. The highest BCUT2D eigenvalue weighted by Crippen LogP contribution is 2.29. The van der Waals surface area contributed by atoms with Crippen molar-refractivity contribution in [2.45, 2.75) is 0 Å². The van der Waals surface area contributed by atoms with Crippen LogP contribution in [0.2, 0.25) is 10.0 Å². The number of nitrogen functional groups attached to an aromatic ring is 1. The molecule has 2 nitrogen and oxygen atoms in total. The van der Waals surface area contributed by atoms with Crippen LogP contribution in [-0.4, -0.2) is 6.54 Å². The van der Waals surface area contributed by atoms with Crippen LogP contribution < -0.4 is 11.5 Å². The largest absolute Gasteiger partial charge is 0.396 e. The minimum atomic E-state index is 0.410. The Hall–Kier alpha value is -0.700. The highest BCUT2D eigenvalue weighted by Gasteiger charge is 2.02. The van der Waals surface area contributed by atoms with Gasteiger partial charge in [0.25, 0.3) is 0 Å². The summed E-state index contributed by atoms with van der Waals surface area (Å²) in [5, 5.41) is 0.924. The zero-order valence-electron chi connectivity index (χ0n) is 6.93. The first-order valence-corrected chi connectivity index (χ1v) is 4.52. The first-order valence-electron chi connectivity index (χ1n) is 3.76. The Balaban J connectivity index is 3.06. The Morgan fingerprint density at radius 2 is 1.77 bits per heavy atom. The number of anilines is 1. The van der Waals surface area contributed by atoms with Gasteiger partial charge in [0.15, 0.2) is 0 Å². The Labute approximate surface area is 87.1 Å². The maximum atomic E-state index is 5.82. The Kier molecular flexibility index (Phi) is 3.60. The molecule has 1 rings (SSSR count). The van der Waals surface area contributed by atoms with E-state index in [9.17, 15) is 0 Å². The van der Waals surface area contributed by atoms with Crippen molar-refractivity contribution in [1.82, 2.24) is 0 Å². The van der Waals surface area contributed by atoms with Crippen molar-refractivity contribution in [3.8, 4) is 0 Å². The predicted molar refractivity (Wildman–Crippen MR) is 59.0 cm³/mol. The molecule has 0 radical (unpaired) electrons. The Morgan fingerprint density at radius 1 is 1.23 bits per heavy atom. The van der Waals surface area contributed by atoms with Gasteiger partial charge in [0.05, 0.1) is 15.7 Å². The molecular formula is C9H10Cl2N2. The van der Waals surface area contributed by atoms with E-state index in [0.29, 0.717) is 22.3 Å². The molecule has 0 saturated carbocycles. The van der Waals surface area contributed by atoms with Crippen LogP contribution in [0.1, 0.15) is 5.56 Å². The summed E-state index contributed by atoms with van der Waals surface area (Å²) in [4.78, 5) is 0. The summed E-state index contributed by atoms with van der Waals surface area (Å²) in [5.74, 6) is 0. The minimum Gasteiger partial charge on any atom is -0.396 e. The monoisotopic (exact) mass is 216 g/mol. The lowest BCUT2D eigenvalue weighted by atomic mass is 10.2. The van der Waals surface area contributed by atoms with E-state index < -0.39 is 0 Å². The summed E-state index contributed by atoms with van der Waals surface area (Å²) in [6.07, 6.45) is 3.66. The maximum Gasteiger partial charge on any atom is 0.0693 e. The molecule has 0 aliphatic rings. The third-order valence-corrected chi connectivity index (χ3v) is 2.17. The van der Waals surface area contributed by atoms with Crippen molar-refractivity contribution in [1.29, 1.82) is 0 Å². The van der Waals surface area contributed by atoms with Gasteiger partial charge in [0, 0.05) is 6.54 Å². The quantitative estimate of drug-likeness (QED) is 0.748. The van der Waals surface area contributed by atoms with Crippen molar-refractivity contribution in [2.24, 2.45) is 5.73 Å². The molecule has 13 heavy (non-hydrogen) atoms. The van der Waals surface area contributed by atoms with Crippen molar-refractivity contribution < 1.29 is 0 Å². The molecule has 0 unspecified atom stereocenters. The van der Waals surface area contributed by atoms with Crippen molar-refractivity contribution in [2.75, 3.05) is 12.3 Å². The van der Waals surface area contributed by atoms with E-state index >= 15 is 0 Å². The van der Waals surface area contributed by atoms with Gasteiger partial charge < -0.3 is 11.5 Å². The molecule has 0 fully saturated rings. The van der Waals surface area contributed by atoms with E-state index in [1.54, 1.807) is 12.1 Å². The summed E-state index contributed by atoms with van der Waals surface area (Å²) in [7, 11) is 0. The highest BCUT2D eigenvalue weighted by molar-refractivity contribution is 6.39. The van der Waals surface area contributed by atoms with Gasteiger partial charge in [-0.2, -0.15) is 0 Å². The molecule has 0 aliphatic carbocycles. The molecule has 0 heterocycles. The Bertz CT molecular complexity index is 311. The van der Waals surface area contributed by atoms with Crippen LogP contribution in [0.15, 0.2) is 18.2 Å². The van der Waals surface area contributed by atoms with Gasteiger partial charge in [-0.25, -0.2) is 0 Å². The van der Waals surface area contributed by atoms with Gasteiger partial charge in [0.2, 0.25) is 0 Å². The summed E-state index contributed by atoms with van der Waals surface area (Å²) in [6, 6.07) is 3.49. The van der Waals surface area contributed by atoms with Crippen LogP contribution in [0, 0.1) is 0 Å². The lowest BCUT2D eigenvalue weighted by Crippen LogP contribution is -1.92. The van der Waals surface area contributed by atoms with Crippen molar-refractivity contribution in [3.05, 3.63) is 33.8 Å². The van der Waals surface area contributed by atoms with E-state index in [4.69, 9.17) is 34.7 Å². The number of hydrogen-bond acceptors (Lipinski definition) is 2. The molecule has 0 bridgehead atoms. The zero-order chi connectivity index (χ0) is 9.84. The van der Waals surface area contributed by atoms with E-state index in [-0.39, 0.29) is 0 Å². The van der Waals surface area contributed by atoms with Gasteiger partial charge in [-0.05, 0) is 17.7 Å². The lowest BCUT2D eigenvalue weighted by molar-refractivity contribution is 1.26. The van der Waals surface area contributed by atoms with Gasteiger partial charge in [-0.1, -0.05) is 35.4 Å². The Morgan fingerprint density at radius 3 is 2.23 bits per heavy atom. The minimum absolute atomic E-state index is 0.410. The van der Waals surface area contributed by atoms with E-state index in [1.807, 2.05) is 12.2 Å². The molecule has 1 aromatic carbocycles. The fourth-order valence-corrected chi connectivity index (χ4v) is 1.41. The second kappa shape index (κ2) is 4.51. The van der Waals surface area contributed by atoms with Crippen LogP contribution in [0.3, 0.4) is 0 Å². The van der Waals surface area contributed by atoms with Crippen molar-refractivity contribution in [3.63, 3.8) is 0 Å². The molecule has 0 atom stereocenters. The van der Waals surface area contributed by atoms with Crippen molar-refractivity contribution >= 4 is 35.0 Å². The number of benzene rings is 1. The number of halogens is 2. The number of nitrogens with two attached hydrogens (primary N) is 2. The van der Waals surface area contributed by atoms with E-state index in [1.165, 1.54) is 0 Å². The van der Waals surface area contributed by atoms with Crippen LogP contribution >= 0.6 is 23.2 Å². The van der Waals surface area contributed by atoms with Gasteiger partial charge in [-0.15, -0.1) is 0 Å². The van der Waals surface area contributed by atoms with Crippen LogP contribution in [0.5, 0.6) is 0 Å². The summed E-state index contributed by atoms with van der Waals surface area (Å²) in [6.45, 7) is 0.486. The second-order valence-corrected chi connectivity index (χ2v) is 3.35. The number of rotatable bonds is 2. The average molecular weight is 217 g/mol. The average Bonchev–Trinajstić information content (AvgIpc) is 2.10. The number of hydrogen-bond donors (Lipinski definition) is 2. The topological polar surface area (TPSA) is 52.0 Å². The SMILES string of the molecule is NCC=Cc1cc(Cl)c(N)c(Cl)c1. The molecule has 4 heteroatoms. The normalized spacial score (nSPS) is 11.0. The highest BCUT2D eigenvalue weighted by atomic mass is 35.5.